The SMILES string of the molecule is OCc1ccc2nc(Cl)c(Cl)nc2c1. The van der Waals surface area contributed by atoms with Crippen molar-refractivity contribution >= 4 is 34.2 Å². The molecule has 1 aromatic heterocycles. The number of aromatic nitrogens is 2. The molecule has 0 saturated carbocycles. The second-order valence-corrected chi connectivity index (χ2v) is 3.50. The van der Waals surface area contributed by atoms with E-state index in [0.717, 1.165) is 5.56 Å². The number of nitrogens with zero attached hydrogens (tertiary/aromatic N) is 2. The minimum absolute atomic E-state index is 0.0299. The molecule has 2 aromatic rings. The normalized spacial score (nSPS) is 10.8. The molecule has 1 heterocycles. The molecule has 0 unspecified atom stereocenters. The maximum atomic E-state index is 8.91. The zero-order chi connectivity index (χ0) is 10.1. The van der Waals surface area contributed by atoms with Crippen LogP contribution >= 0.6 is 23.2 Å². The fourth-order valence-corrected chi connectivity index (χ4v) is 1.42. The van der Waals surface area contributed by atoms with E-state index in [1.54, 1.807) is 18.2 Å². The lowest BCUT2D eigenvalue weighted by Gasteiger charge is -2.01. The monoisotopic (exact) mass is 228 g/mol. The average molecular weight is 229 g/mol. The number of hydrogen-bond acceptors (Lipinski definition) is 3. The zero-order valence-electron chi connectivity index (χ0n) is 7.04. The summed E-state index contributed by atoms with van der Waals surface area (Å²) in [5.41, 5.74) is 2.06. The number of fused-ring (bicyclic) bond motifs is 1. The van der Waals surface area contributed by atoms with E-state index in [0.29, 0.717) is 11.0 Å². The Morgan fingerprint density at radius 2 is 1.71 bits per heavy atom. The standard InChI is InChI=1S/C9H6Cl2N2O/c10-8-9(11)13-7-3-5(4-14)1-2-6(7)12-8/h1-3,14H,4H2. The van der Waals surface area contributed by atoms with Gasteiger partial charge < -0.3 is 5.11 Å². The molecule has 3 nitrogen and oxygen atoms in total. The second kappa shape index (κ2) is 3.69. The van der Waals surface area contributed by atoms with Crippen molar-refractivity contribution in [3.8, 4) is 0 Å². The van der Waals surface area contributed by atoms with Crippen LogP contribution < -0.4 is 0 Å². The van der Waals surface area contributed by atoms with Gasteiger partial charge in [0.25, 0.3) is 0 Å². The van der Waals surface area contributed by atoms with Crippen LogP contribution in [0.5, 0.6) is 0 Å². The van der Waals surface area contributed by atoms with Crippen molar-refractivity contribution in [1.82, 2.24) is 9.97 Å². The summed E-state index contributed by atoms with van der Waals surface area (Å²) in [5.74, 6) is 0. The first-order chi connectivity index (χ1) is 6.70. The van der Waals surface area contributed by atoms with E-state index < -0.39 is 0 Å². The van der Waals surface area contributed by atoms with Gasteiger partial charge in [0.2, 0.25) is 0 Å². The highest BCUT2D eigenvalue weighted by Gasteiger charge is 2.04. The molecular weight excluding hydrogens is 223 g/mol. The number of rotatable bonds is 1. The number of aliphatic hydroxyl groups excluding tert-OH is 1. The van der Waals surface area contributed by atoms with E-state index >= 15 is 0 Å². The molecule has 72 valence electrons. The Bertz CT molecular complexity index is 487. The third-order valence-electron chi connectivity index (χ3n) is 1.83. The molecule has 0 aliphatic carbocycles. The summed E-state index contributed by atoms with van der Waals surface area (Å²) in [4.78, 5) is 8.08. The van der Waals surface area contributed by atoms with Crippen LogP contribution in [0.15, 0.2) is 18.2 Å². The third-order valence-corrected chi connectivity index (χ3v) is 2.45. The molecule has 0 fully saturated rings. The van der Waals surface area contributed by atoms with Crippen LogP contribution in [0, 0.1) is 0 Å². The molecule has 0 aliphatic rings. The lowest BCUT2D eigenvalue weighted by molar-refractivity contribution is 0.282. The fraction of sp³-hybridized carbons (Fsp3) is 0.111. The van der Waals surface area contributed by atoms with Gasteiger partial charge >= 0.3 is 0 Å². The predicted molar refractivity (Wildman–Crippen MR) is 55.5 cm³/mol. The maximum absolute atomic E-state index is 8.91. The molecule has 5 heteroatoms. The van der Waals surface area contributed by atoms with Crippen molar-refractivity contribution in [2.24, 2.45) is 0 Å². The molecule has 0 aliphatic heterocycles. The predicted octanol–water partition coefficient (Wildman–Crippen LogP) is 2.43. The van der Waals surface area contributed by atoms with Gasteiger partial charge in [-0.15, -0.1) is 0 Å². The molecule has 0 amide bonds. The third kappa shape index (κ3) is 1.66. The minimum Gasteiger partial charge on any atom is -0.392 e. The molecule has 0 bridgehead atoms. The summed E-state index contributed by atoms with van der Waals surface area (Å²) in [6.07, 6.45) is 0. The summed E-state index contributed by atoms with van der Waals surface area (Å²) in [7, 11) is 0. The van der Waals surface area contributed by atoms with Gasteiger partial charge in [-0.2, -0.15) is 0 Å². The number of halogens is 2. The van der Waals surface area contributed by atoms with E-state index in [4.69, 9.17) is 28.3 Å². The molecule has 2 rings (SSSR count). The van der Waals surface area contributed by atoms with E-state index in [1.165, 1.54) is 0 Å². The van der Waals surface area contributed by atoms with Gasteiger partial charge in [-0.3, -0.25) is 0 Å². The zero-order valence-corrected chi connectivity index (χ0v) is 8.55. The topological polar surface area (TPSA) is 46.0 Å². The lowest BCUT2D eigenvalue weighted by Crippen LogP contribution is -1.89. The van der Waals surface area contributed by atoms with E-state index in [-0.39, 0.29) is 16.9 Å². The summed E-state index contributed by atoms with van der Waals surface area (Å²) in [6.45, 7) is -0.0299. The van der Waals surface area contributed by atoms with Gasteiger partial charge in [0.1, 0.15) is 0 Å². The first-order valence-corrected chi connectivity index (χ1v) is 4.69. The molecule has 0 atom stereocenters. The minimum atomic E-state index is -0.0299. The van der Waals surface area contributed by atoms with Crippen LogP contribution in [0.1, 0.15) is 5.56 Å². The Labute approximate surface area is 90.3 Å². The highest BCUT2D eigenvalue weighted by molar-refractivity contribution is 6.40. The number of benzene rings is 1. The molecule has 1 aromatic carbocycles. The van der Waals surface area contributed by atoms with Crippen LogP contribution in [0.2, 0.25) is 10.3 Å². The van der Waals surface area contributed by atoms with Crippen molar-refractivity contribution in [2.75, 3.05) is 0 Å². The summed E-state index contributed by atoms with van der Waals surface area (Å²) in [6, 6.07) is 5.24. The van der Waals surface area contributed by atoms with Gasteiger partial charge in [0, 0.05) is 0 Å². The van der Waals surface area contributed by atoms with Crippen molar-refractivity contribution < 1.29 is 5.11 Å². The number of aliphatic hydroxyl groups is 1. The van der Waals surface area contributed by atoms with Crippen LogP contribution in [0.25, 0.3) is 11.0 Å². The Morgan fingerprint density at radius 3 is 2.36 bits per heavy atom. The van der Waals surface area contributed by atoms with Gasteiger partial charge in [0.15, 0.2) is 10.3 Å². The van der Waals surface area contributed by atoms with E-state index in [9.17, 15) is 0 Å². The smallest absolute Gasteiger partial charge is 0.167 e. The Morgan fingerprint density at radius 1 is 1.07 bits per heavy atom. The van der Waals surface area contributed by atoms with Crippen molar-refractivity contribution in [3.05, 3.63) is 34.1 Å². The largest absolute Gasteiger partial charge is 0.392 e. The molecule has 0 radical (unpaired) electrons. The Kier molecular flexibility index (Phi) is 2.54. The summed E-state index contributed by atoms with van der Waals surface area (Å²) < 4.78 is 0. The summed E-state index contributed by atoms with van der Waals surface area (Å²) in [5, 5.41) is 9.28. The number of hydrogen-bond donors (Lipinski definition) is 1. The average Bonchev–Trinajstić information content (AvgIpc) is 2.19. The first-order valence-electron chi connectivity index (χ1n) is 3.93. The van der Waals surface area contributed by atoms with Crippen LogP contribution in [-0.4, -0.2) is 15.1 Å². The Balaban J connectivity index is 2.70. The van der Waals surface area contributed by atoms with Crippen LogP contribution in [-0.2, 0) is 6.61 Å². The van der Waals surface area contributed by atoms with Crippen LogP contribution in [0.3, 0.4) is 0 Å². The van der Waals surface area contributed by atoms with E-state index in [2.05, 4.69) is 9.97 Å². The molecular formula is C9H6Cl2N2O. The van der Waals surface area contributed by atoms with Crippen LogP contribution in [0.4, 0.5) is 0 Å². The first kappa shape index (κ1) is 9.65. The van der Waals surface area contributed by atoms with Crippen molar-refractivity contribution in [1.29, 1.82) is 0 Å². The second-order valence-electron chi connectivity index (χ2n) is 2.79. The van der Waals surface area contributed by atoms with Gasteiger partial charge in [-0.1, -0.05) is 29.3 Å². The van der Waals surface area contributed by atoms with Gasteiger partial charge in [-0.05, 0) is 17.7 Å². The quantitative estimate of drug-likeness (QED) is 0.816. The fourth-order valence-electron chi connectivity index (χ4n) is 1.16. The molecule has 1 N–H and O–H groups in total. The van der Waals surface area contributed by atoms with Gasteiger partial charge in [0.05, 0.1) is 17.6 Å². The van der Waals surface area contributed by atoms with Gasteiger partial charge in [-0.25, -0.2) is 9.97 Å². The highest BCUT2D eigenvalue weighted by Crippen LogP contribution is 2.21. The Hall–Kier alpha value is -0.900. The lowest BCUT2D eigenvalue weighted by atomic mass is 10.2. The molecule has 0 spiro atoms. The van der Waals surface area contributed by atoms with E-state index in [1.807, 2.05) is 0 Å². The molecule has 0 saturated heterocycles. The van der Waals surface area contributed by atoms with Crippen molar-refractivity contribution in [3.63, 3.8) is 0 Å². The summed E-state index contributed by atoms with van der Waals surface area (Å²) >= 11 is 11.4. The van der Waals surface area contributed by atoms with Crippen molar-refractivity contribution in [2.45, 2.75) is 6.61 Å². The highest BCUT2D eigenvalue weighted by atomic mass is 35.5. The maximum Gasteiger partial charge on any atom is 0.167 e. The molecule has 14 heavy (non-hydrogen) atoms.